The second kappa shape index (κ2) is 6.65. The van der Waals surface area contributed by atoms with Gasteiger partial charge < -0.3 is 9.47 Å². The SMILES string of the molecule is COc1c(CC#N)cccc1OCC1=CC=CCC1. The normalized spacial score (nSPS) is 13.6. The zero-order valence-corrected chi connectivity index (χ0v) is 11.1. The lowest BCUT2D eigenvalue weighted by Crippen LogP contribution is -2.04. The number of hydrogen-bond acceptors (Lipinski definition) is 3. The third-order valence-electron chi connectivity index (χ3n) is 3.05. The Hall–Kier alpha value is -2.21. The number of nitriles is 1. The van der Waals surface area contributed by atoms with Crippen molar-refractivity contribution >= 4 is 0 Å². The zero-order chi connectivity index (χ0) is 13.5. The van der Waals surface area contributed by atoms with Crippen LogP contribution in [0.3, 0.4) is 0 Å². The molecule has 0 spiro atoms. The van der Waals surface area contributed by atoms with Crippen LogP contribution < -0.4 is 9.47 Å². The minimum absolute atomic E-state index is 0.325. The van der Waals surface area contributed by atoms with Crippen LogP contribution in [0.5, 0.6) is 11.5 Å². The van der Waals surface area contributed by atoms with Gasteiger partial charge in [-0.2, -0.15) is 5.26 Å². The summed E-state index contributed by atoms with van der Waals surface area (Å²) in [6, 6.07) is 7.78. The lowest BCUT2D eigenvalue weighted by Gasteiger charge is -2.15. The van der Waals surface area contributed by atoms with Crippen LogP contribution in [-0.4, -0.2) is 13.7 Å². The molecule has 0 saturated heterocycles. The molecular formula is C16H17NO2. The second-order valence-electron chi connectivity index (χ2n) is 4.36. The Morgan fingerprint density at radius 3 is 2.95 bits per heavy atom. The van der Waals surface area contributed by atoms with Crippen molar-refractivity contribution in [2.45, 2.75) is 19.3 Å². The number of nitrogens with zero attached hydrogens (tertiary/aromatic N) is 1. The molecule has 0 unspecified atom stereocenters. The van der Waals surface area contributed by atoms with Crippen molar-refractivity contribution in [3.63, 3.8) is 0 Å². The van der Waals surface area contributed by atoms with E-state index in [1.807, 2.05) is 18.2 Å². The summed E-state index contributed by atoms with van der Waals surface area (Å²) in [6.07, 6.45) is 8.74. The maximum Gasteiger partial charge on any atom is 0.164 e. The summed E-state index contributed by atoms with van der Waals surface area (Å²) in [5, 5.41) is 8.80. The van der Waals surface area contributed by atoms with E-state index in [1.165, 1.54) is 5.57 Å². The monoisotopic (exact) mass is 255 g/mol. The average molecular weight is 255 g/mol. The molecule has 1 aliphatic carbocycles. The molecule has 0 fully saturated rings. The smallest absolute Gasteiger partial charge is 0.164 e. The summed E-state index contributed by atoms with van der Waals surface area (Å²) in [7, 11) is 1.60. The fraction of sp³-hybridized carbons (Fsp3) is 0.312. The second-order valence-corrected chi connectivity index (χ2v) is 4.36. The fourth-order valence-corrected chi connectivity index (χ4v) is 2.07. The maximum absolute atomic E-state index is 8.80. The van der Waals surface area contributed by atoms with Crippen molar-refractivity contribution in [3.8, 4) is 17.6 Å². The molecule has 3 heteroatoms. The van der Waals surface area contributed by atoms with Gasteiger partial charge in [0.1, 0.15) is 6.61 Å². The van der Waals surface area contributed by atoms with E-state index < -0.39 is 0 Å². The standard InChI is InChI=1S/C16H17NO2/c1-18-16-14(10-11-17)8-5-9-15(16)19-12-13-6-3-2-4-7-13/h2-3,5-6,8-9H,4,7,10,12H2,1H3. The number of hydrogen-bond donors (Lipinski definition) is 0. The maximum atomic E-state index is 8.80. The molecule has 0 saturated carbocycles. The first-order chi connectivity index (χ1) is 9.35. The summed E-state index contributed by atoms with van der Waals surface area (Å²) < 4.78 is 11.2. The number of rotatable bonds is 5. The molecular weight excluding hydrogens is 238 g/mol. The molecule has 0 heterocycles. The molecule has 0 radical (unpaired) electrons. The Morgan fingerprint density at radius 2 is 2.26 bits per heavy atom. The number of benzene rings is 1. The summed E-state index contributed by atoms with van der Waals surface area (Å²) in [6.45, 7) is 0.566. The Bertz CT molecular complexity index is 538. The summed E-state index contributed by atoms with van der Waals surface area (Å²) >= 11 is 0. The molecule has 1 aromatic carbocycles. The van der Waals surface area contributed by atoms with Crippen LogP contribution in [0.25, 0.3) is 0 Å². The first kappa shape index (κ1) is 13.2. The third-order valence-corrected chi connectivity index (χ3v) is 3.05. The van der Waals surface area contributed by atoms with Gasteiger partial charge in [0.05, 0.1) is 19.6 Å². The van der Waals surface area contributed by atoms with E-state index in [0.29, 0.717) is 24.5 Å². The zero-order valence-electron chi connectivity index (χ0n) is 11.1. The van der Waals surface area contributed by atoms with Crippen molar-refractivity contribution in [2.75, 3.05) is 13.7 Å². The fourth-order valence-electron chi connectivity index (χ4n) is 2.07. The highest BCUT2D eigenvalue weighted by Gasteiger charge is 2.10. The van der Waals surface area contributed by atoms with Crippen molar-refractivity contribution in [3.05, 3.63) is 47.6 Å². The van der Waals surface area contributed by atoms with Gasteiger partial charge in [-0.25, -0.2) is 0 Å². The van der Waals surface area contributed by atoms with E-state index in [-0.39, 0.29) is 0 Å². The van der Waals surface area contributed by atoms with E-state index in [1.54, 1.807) is 7.11 Å². The average Bonchev–Trinajstić information content (AvgIpc) is 2.46. The van der Waals surface area contributed by atoms with Crippen molar-refractivity contribution in [1.29, 1.82) is 5.26 Å². The van der Waals surface area contributed by atoms with Gasteiger partial charge >= 0.3 is 0 Å². The topological polar surface area (TPSA) is 42.2 Å². The highest BCUT2D eigenvalue weighted by molar-refractivity contribution is 5.47. The van der Waals surface area contributed by atoms with Crippen molar-refractivity contribution in [1.82, 2.24) is 0 Å². The molecule has 0 bridgehead atoms. The quantitative estimate of drug-likeness (QED) is 0.809. The minimum Gasteiger partial charge on any atom is -0.493 e. The molecule has 0 amide bonds. The van der Waals surface area contributed by atoms with Crippen LogP contribution >= 0.6 is 0 Å². The van der Waals surface area contributed by atoms with Gasteiger partial charge in [-0.1, -0.05) is 30.4 Å². The van der Waals surface area contributed by atoms with E-state index in [4.69, 9.17) is 14.7 Å². The number of ether oxygens (including phenoxy) is 2. The molecule has 0 aliphatic heterocycles. The van der Waals surface area contributed by atoms with Gasteiger partial charge in [-0.3, -0.25) is 0 Å². The largest absolute Gasteiger partial charge is 0.493 e. The van der Waals surface area contributed by atoms with Gasteiger partial charge in [0.25, 0.3) is 0 Å². The van der Waals surface area contributed by atoms with Gasteiger partial charge in [-0.05, 0) is 24.5 Å². The molecule has 98 valence electrons. The summed E-state index contributed by atoms with van der Waals surface area (Å²) in [5.74, 6) is 1.36. The molecule has 1 aliphatic rings. The predicted molar refractivity (Wildman–Crippen MR) is 74.3 cm³/mol. The van der Waals surface area contributed by atoms with Gasteiger partial charge in [0, 0.05) is 5.56 Å². The van der Waals surface area contributed by atoms with E-state index in [0.717, 1.165) is 18.4 Å². The lowest BCUT2D eigenvalue weighted by molar-refractivity contribution is 0.314. The summed E-state index contributed by atoms with van der Waals surface area (Å²) in [5.41, 5.74) is 2.13. The van der Waals surface area contributed by atoms with E-state index in [2.05, 4.69) is 24.3 Å². The predicted octanol–water partition coefficient (Wildman–Crippen LogP) is 3.42. The van der Waals surface area contributed by atoms with Crippen LogP contribution in [0, 0.1) is 11.3 Å². The van der Waals surface area contributed by atoms with Gasteiger partial charge in [-0.15, -0.1) is 0 Å². The molecule has 0 atom stereocenters. The highest BCUT2D eigenvalue weighted by Crippen LogP contribution is 2.31. The van der Waals surface area contributed by atoms with Gasteiger partial charge in [0.2, 0.25) is 0 Å². The molecule has 3 nitrogen and oxygen atoms in total. The van der Waals surface area contributed by atoms with Crippen molar-refractivity contribution < 1.29 is 9.47 Å². The number of allylic oxidation sites excluding steroid dienone is 3. The molecule has 0 aromatic heterocycles. The van der Waals surface area contributed by atoms with E-state index >= 15 is 0 Å². The van der Waals surface area contributed by atoms with Crippen molar-refractivity contribution in [2.24, 2.45) is 0 Å². The lowest BCUT2D eigenvalue weighted by atomic mass is 10.1. The summed E-state index contributed by atoms with van der Waals surface area (Å²) in [4.78, 5) is 0. The highest BCUT2D eigenvalue weighted by atomic mass is 16.5. The Labute approximate surface area is 113 Å². The van der Waals surface area contributed by atoms with Gasteiger partial charge in [0.15, 0.2) is 11.5 Å². The van der Waals surface area contributed by atoms with Crippen LogP contribution in [0.1, 0.15) is 18.4 Å². The van der Waals surface area contributed by atoms with Crippen LogP contribution in [0.4, 0.5) is 0 Å². The Kier molecular flexibility index (Phi) is 4.63. The van der Waals surface area contributed by atoms with Crippen LogP contribution in [0.2, 0.25) is 0 Å². The van der Waals surface area contributed by atoms with Crippen LogP contribution in [0.15, 0.2) is 42.0 Å². The molecule has 2 rings (SSSR count). The Morgan fingerprint density at radius 1 is 1.37 bits per heavy atom. The molecule has 0 N–H and O–H groups in total. The number of para-hydroxylation sites is 1. The first-order valence-electron chi connectivity index (χ1n) is 6.35. The molecule has 1 aromatic rings. The first-order valence-corrected chi connectivity index (χ1v) is 6.35. The van der Waals surface area contributed by atoms with Crippen LogP contribution in [-0.2, 0) is 6.42 Å². The number of methoxy groups -OCH3 is 1. The Balaban J connectivity index is 2.11. The molecule has 19 heavy (non-hydrogen) atoms. The minimum atomic E-state index is 0.325. The third kappa shape index (κ3) is 3.38. The van der Waals surface area contributed by atoms with E-state index in [9.17, 15) is 0 Å².